The lowest BCUT2D eigenvalue weighted by molar-refractivity contribution is -0.681. The predicted octanol–water partition coefficient (Wildman–Crippen LogP) is 3.27. The van der Waals surface area contributed by atoms with Crippen LogP contribution in [-0.2, 0) is 12.5 Å². The highest BCUT2D eigenvalue weighted by Crippen LogP contribution is 2.22. The SMILES string of the molecule is Cc1ccc2c[n+](C)c(C(C)(C)C)cc2c1. The molecule has 1 aromatic heterocycles. The predicted molar refractivity (Wildman–Crippen MR) is 68.6 cm³/mol. The van der Waals surface area contributed by atoms with Gasteiger partial charge in [0.15, 0.2) is 11.9 Å². The molecule has 2 aromatic rings. The topological polar surface area (TPSA) is 3.88 Å². The summed E-state index contributed by atoms with van der Waals surface area (Å²) in [5.74, 6) is 0. The molecule has 0 aliphatic heterocycles. The maximum absolute atomic E-state index is 2.31. The quantitative estimate of drug-likeness (QED) is 0.593. The molecule has 0 amide bonds. The van der Waals surface area contributed by atoms with Crippen molar-refractivity contribution in [2.24, 2.45) is 7.05 Å². The lowest BCUT2D eigenvalue weighted by Crippen LogP contribution is -2.39. The fourth-order valence-corrected chi connectivity index (χ4v) is 2.21. The Morgan fingerprint density at radius 3 is 2.31 bits per heavy atom. The van der Waals surface area contributed by atoms with Gasteiger partial charge in [0.2, 0.25) is 0 Å². The molecule has 0 bridgehead atoms. The summed E-state index contributed by atoms with van der Waals surface area (Å²) < 4.78 is 2.23. The molecular formula is C15H20N+. The normalized spacial score (nSPS) is 12.1. The first-order chi connectivity index (χ1) is 7.38. The van der Waals surface area contributed by atoms with E-state index in [1.807, 2.05) is 0 Å². The zero-order valence-electron chi connectivity index (χ0n) is 10.8. The van der Waals surface area contributed by atoms with Gasteiger partial charge in [-0.2, -0.15) is 0 Å². The summed E-state index contributed by atoms with van der Waals surface area (Å²) in [5, 5.41) is 2.64. The highest BCUT2D eigenvalue weighted by Gasteiger charge is 2.23. The summed E-state index contributed by atoms with van der Waals surface area (Å²) >= 11 is 0. The Kier molecular flexibility index (Phi) is 2.49. The fourth-order valence-electron chi connectivity index (χ4n) is 2.21. The van der Waals surface area contributed by atoms with Crippen LogP contribution >= 0.6 is 0 Å². The van der Waals surface area contributed by atoms with Crippen molar-refractivity contribution in [2.45, 2.75) is 33.1 Å². The Hall–Kier alpha value is -1.37. The molecule has 0 spiro atoms. The number of pyridine rings is 1. The monoisotopic (exact) mass is 214 g/mol. The number of fused-ring (bicyclic) bond motifs is 1. The molecule has 1 heteroatoms. The van der Waals surface area contributed by atoms with E-state index in [0.717, 1.165) is 0 Å². The lowest BCUT2D eigenvalue weighted by Gasteiger charge is -2.16. The van der Waals surface area contributed by atoms with Crippen LogP contribution in [0.15, 0.2) is 30.5 Å². The molecule has 0 aliphatic rings. The zero-order chi connectivity index (χ0) is 11.9. The molecule has 1 nitrogen and oxygen atoms in total. The second kappa shape index (κ2) is 3.58. The molecule has 0 radical (unpaired) electrons. The summed E-state index contributed by atoms with van der Waals surface area (Å²) in [6, 6.07) is 8.92. The van der Waals surface area contributed by atoms with E-state index in [0.29, 0.717) is 0 Å². The lowest BCUT2D eigenvalue weighted by atomic mass is 9.90. The van der Waals surface area contributed by atoms with Crippen molar-refractivity contribution in [2.75, 3.05) is 0 Å². The van der Waals surface area contributed by atoms with Crippen molar-refractivity contribution in [3.63, 3.8) is 0 Å². The van der Waals surface area contributed by atoms with Crippen molar-refractivity contribution >= 4 is 10.8 Å². The van der Waals surface area contributed by atoms with Gasteiger partial charge in [0, 0.05) is 16.9 Å². The summed E-state index contributed by atoms with van der Waals surface area (Å²) in [4.78, 5) is 0. The van der Waals surface area contributed by atoms with E-state index < -0.39 is 0 Å². The van der Waals surface area contributed by atoms with Gasteiger partial charge in [0.1, 0.15) is 7.05 Å². The van der Waals surface area contributed by atoms with Crippen molar-refractivity contribution in [1.82, 2.24) is 0 Å². The summed E-state index contributed by atoms with van der Waals surface area (Å²) in [6.45, 7) is 8.90. The molecule has 1 heterocycles. The first-order valence-electron chi connectivity index (χ1n) is 5.78. The number of aromatic nitrogens is 1. The number of aryl methyl sites for hydroxylation is 2. The van der Waals surface area contributed by atoms with Gasteiger partial charge in [-0.1, -0.05) is 38.5 Å². The van der Waals surface area contributed by atoms with Crippen LogP contribution in [0, 0.1) is 6.92 Å². The number of rotatable bonds is 0. The molecule has 84 valence electrons. The fraction of sp³-hybridized carbons (Fsp3) is 0.400. The average molecular weight is 214 g/mol. The third-order valence-corrected chi connectivity index (χ3v) is 3.02. The molecule has 0 saturated carbocycles. The maximum Gasteiger partial charge on any atom is 0.187 e. The summed E-state index contributed by atoms with van der Waals surface area (Å²) in [7, 11) is 2.12. The standard InChI is InChI=1S/C15H20N/c1-11-6-7-12-10-16(5)14(15(2,3)4)9-13(12)8-11/h6-10H,1-5H3/q+1. The van der Waals surface area contributed by atoms with Crippen LogP contribution in [0.4, 0.5) is 0 Å². The molecule has 0 unspecified atom stereocenters. The minimum atomic E-state index is 0.187. The molecule has 0 aliphatic carbocycles. The molecule has 0 N–H and O–H groups in total. The third-order valence-electron chi connectivity index (χ3n) is 3.02. The molecule has 0 atom stereocenters. The molecular weight excluding hydrogens is 194 g/mol. The number of hydrogen-bond acceptors (Lipinski definition) is 0. The largest absolute Gasteiger partial charge is 0.204 e. The Labute approximate surface area is 97.7 Å². The first kappa shape index (κ1) is 11.1. The van der Waals surface area contributed by atoms with Crippen LogP contribution in [0.5, 0.6) is 0 Å². The highest BCUT2D eigenvalue weighted by molar-refractivity contribution is 5.81. The van der Waals surface area contributed by atoms with Gasteiger partial charge in [-0.05, 0) is 18.4 Å². The first-order valence-corrected chi connectivity index (χ1v) is 5.78. The van der Waals surface area contributed by atoms with Gasteiger partial charge in [-0.3, -0.25) is 0 Å². The minimum absolute atomic E-state index is 0.187. The average Bonchev–Trinajstić information content (AvgIpc) is 2.16. The van der Waals surface area contributed by atoms with E-state index in [2.05, 4.69) is 69.8 Å². The third kappa shape index (κ3) is 1.95. The van der Waals surface area contributed by atoms with E-state index in [1.54, 1.807) is 0 Å². The second-order valence-corrected chi connectivity index (χ2v) is 5.65. The number of hydrogen-bond donors (Lipinski definition) is 0. The summed E-state index contributed by atoms with van der Waals surface area (Å²) in [5.41, 5.74) is 2.87. The van der Waals surface area contributed by atoms with Crippen LogP contribution in [0.3, 0.4) is 0 Å². The van der Waals surface area contributed by atoms with Gasteiger partial charge >= 0.3 is 0 Å². The number of nitrogens with zero attached hydrogens (tertiary/aromatic N) is 1. The summed E-state index contributed by atoms with van der Waals surface area (Å²) in [6.07, 6.45) is 2.22. The second-order valence-electron chi connectivity index (χ2n) is 5.65. The van der Waals surface area contributed by atoms with Crippen LogP contribution < -0.4 is 4.57 Å². The van der Waals surface area contributed by atoms with E-state index >= 15 is 0 Å². The van der Waals surface area contributed by atoms with Crippen molar-refractivity contribution < 1.29 is 4.57 Å². The van der Waals surface area contributed by atoms with Crippen molar-refractivity contribution in [3.05, 3.63) is 41.7 Å². The van der Waals surface area contributed by atoms with Crippen LogP contribution in [0.2, 0.25) is 0 Å². The van der Waals surface area contributed by atoms with E-state index in [4.69, 9.17) is 0 Å². The smallest absolute Gasteiger partial charge is 0.187 e. The van der Waals surface area contributed by atoms with Gasteiger partial charge in [0.25, 0.3) is 0 Å². The number of benzene rings is 1. The van der Waals surface area contributed by atoms with Gasteiger partial charge in [-0.15, -0.1) is 0 Å². The van der Waals surface area contributed by atoms with E-state index in [-0.39, 0.29) is 5.41 Å². The van der Waals surface area contributed by atoms with Crippen molar-refractivity contribution in [1.29, 1.82) is 0 Å². The Bertz CT molecular complexity index is 533. The highest BCUT2D eigenvalue weighted by atomic mass is 14.9. The Morgan fingerprint density at radius 2 is 1.69 bits per heavy atom. The minimum Gasteiger partial charge on any atom is -0.204 e. The molecule has 2 rings (SSSR count). The van der Waals surface area contributed by atoms with Gasteiger partial charge in [0.05, 0.1) is 0 Å². The van der Waals surface area contributed by atoms with Crippen molar-refractivity contribution in [3.8, 4) is 0 Å². The van der Waals surface area contributed by atoms with Crippen LogP contribution in [0.1, 0.15) is 32.0 Å². The van der Waals surface area contributed by atoms with Crippen LogP contribution in [-0.4, -0.2) is 0 Å². The Balaban J connectivity index is 2.74. The Morgan fingerprint density at radius 1 is 1.00 bits per heavy atom. The molecule has 0 saturated heterocycles. The molecule has 16 heavy (non-hydrogen) atoms. The van der Waals surface area contributed by atoms with Crippen LogP contribution in [0.25, 0.3) is 10.8 Å². The maximum atomic E-state index is 2.31. The van der Waals surface area contributed by atoms with Gasteiger partial charge in [-0.25, -0.2) is 4.57 Å². The van der Waals surface area contributed by atoms with Gasteiger partial charge < -0.3 is 0 Å². The zero-order valence-corrected chi connectivity index (χ0v) is 10.8. The van der Waals surface area contributed by atoms with E-state index in [1.165, 1.54) is 22.0 Å². The molecule has 1 aromatic carbocycles. The van der Waals surface area contributed by atoms with E-state index in [9.17, 15) is 0 Å². The molecule has 0 fully saturated rings.